The van der Waals surface area contributed by atoms with E-state index in [1.807, 2.05) is 0 Å². The number of nitrogens with zero attached hydrogens (tertiary/aromatic N) is 5. The molecule has 3 heterocycles. The summed E-state index contributed by atoms with van der Waals surface area (Å²) in [5, 5.41) is 9.90. The van der Waals surface area contributed by atoms with Crippen molar-refractivity contribution < 1.29 is 0 Å². The molecule has 5 nitrogen and oxygen atoms in total. The Bertz CT molecular complexity index is 3160. The van der Waals surface area contributed by atoms with Gasteiger partial charge in [0.2, 0.25) is 11.2 Å². The van der Waals surface area contributed by atoms with E-state index < -0.39 is 8.07 Å². The molecule has 0 amide bonds. The third-order valence-corrected chi connectivity index (χ3v) is 16.4. The van der Waals surface area contributed by atoms with Crippen molar-refractivity contribution >= 4 is 84.0 Å². The van der Waals surface area contributed by atoms with Gasteiger partial charge in [0.15, 0.2) is 13.9 Å². The van der Waals surface area contributed by atoms with Crippen molar-refractivity contribution in [1.29, 1.82) is 0 Å². The maximum Gasteiger partial charge on any atom is 0.239 e. The zero-order valence-corrected chi connectivity index (χ0v) is 33.0. The molecular weight excluding hydrogens is 746 g/mol. The standard InChI is InChI=1S/C51H34ClN5Si/c52-50-53-49(35-17-16-24-40(33-35)58(37-18-4-1-5-19-37,38-20-6-2-7-21-38)39-22-8-3-9-23-39)54-51(55-50)57-47-30-15-12-27-43(47)44-34-36(31-32-48(44)57)56-45-28-13-10-25-41(45)42-26-11-14-29-46(42)56/h1-34H. The Morgan fingerprint density at radius 2 is 0.828 bits per heavy atom. The van der Waals surface area contributed by atoms with Crippen LogP contribution in [-0.2, 0) is 0 Å². The Labute approximate surface area is 341 Å². The largest absolute Gasteiger partial charge is 0.309 e. The second kappa shape index (κ2) is 13.8. The molecule has 58 heavy (non-hydrogen) atoms. The lowest BCUT2D eigenvalue weighted by Gasteiger charge is -2.34. The molecule has 0 saturated carbocycles. The van der Waals surface area contributed by atoms with Crippen LogP contribution in [0.15, 0.2) is 206 Å². The number of para-hydroxylation sites is 3. The zero-order chi connectivity index (χ0) is 38.6. The van der Waals surface area contributed by atoms with E-state index >= 15 is 0 Å². The van der Waals surface area contributed by atoms with Crippen molar-refractivity contribution in [1.82, 2.24) is 24.1 Å². The minimum Gasteiger partial charge on any atom is -0.309 e. The first kappa shape index (κ1) is 34.2. The summed E-state index contributed by atoms with van der Waals surface area (Å²) in [6.07, 6.45) is 0. The second-order valence-corrected chi connectivity index (χ2v) is 18.7. The second-order valence-electron chi connectivity index (χ2n) is 14.6. The summed E-state index contributed by atoms with van der Waals surface area (Å²) in [6, 6.07) is 73.7. The van der Waals surface area contributed by atoms with E-state index in [4.69, 9.17) is 26.6 Å². The zero-order valence-electron chi connectivity index (χ0n) is 31.2. The van der Waals surface area contributed by atoms with Crippen molar-refractivity contribution in [2.45, 2.75) is 0 Å². The predicted molar refractivity (Wildman–Crippen MR) is 243 cm³/mol. The number of benzene rings is 8. The normalized spacial score (nSPS) is 11.9. The van der Waals surface area contributed by atoms with Crippen LogP contribution in [0.5, 0.6) is 0 Å². The van der Waals surface area contributed by atoms with Gasteiger partial charge in [-0.15, -0.1) is 0 Å². The highest BCUT2D eigenvalue weighted by Crippen LogP contribution is 2.36. The lowest BCUT2D eigenvalue weighted by molar-refractivity contribution is 0.947. The van der Waals surface area contributed by atoms with Crippen LogP contribution >= 0.6 is 11.6 Å². The van der Waals surface area contributed by atoms with Gasteiger partial charge in [0.25, 0.3) is 0 Å². The van der Waals surface area contributed by atoms with E-state index in [2.05, 4.69) is 215 Å². The van der Waals surface area contributed by atoms with Crippen molar-refractivity contribution in [3.8, 4) is 23.0 Å². The van der Waals surface area contributed by atoms with Crippen LogP contribution in [0.4, 0.5) is 0 Å². The van der Waals surface area contributed by atoms with E-state index in [9.17, 15) is 0 Å². The van der Waals surface area contributed by atoms with E-state index in [1.165, 1.54) is 42.6 Å². The quantitative estimate of drug-likeness (QED) is 0.120. The Hall–Kier alpha value is -7.12. The van der Waals surface area contributed by atoms with E-state index in [1.54, 1.807) is 0 Å². The summed E-state index contributed by atoms with van der Waals surface area (Å²) in [4.78, 5) is 14.8. The van der Waals surface area contributed by atoms with Gasteiger partial charge >= 0.3 is 0 Å². The molecule has 8 aromatic carbocycles. The van der Waals surface area contributed by atoms with Crippen LogP contribution < -0.4 is 20.7 Å². The van der Waals surface area contributed by atoms with Gasteiger partial charge in [0.1, 0.15) is 0 Å². The fourth-order valence-electron chi connectivity index (χ4n) is 9.04. The van der Waals surface area contributed by atoms with Gasteiger partial charge in [0, 0.05) is 32.8 Å². The fraction of sp³-hybridized carbons (Fsp3) is 0. The number of hydrogen-bond acceptors (Lipinski definition) is 3. The smallest absolute Gasteiger partial charge is 0.239 e. The molecule has 7 heteroatoms. The van der Waals surface area contributed by atoms with E-state index in [-0.39, 0.29) is 5.28 Å². The highest BCUT2D eigenvalue weighted by molar-refractivity contribution is 7.19. The Morgan fingerprint density at radius 1 is 0.362 bits per heavy atom. The van der Waals surface area contributed by atoms with Gasteiger partial charge in [-0.1, -0.05) is 170 Å². The molecule has 0 aliphatic carbocycles. The summed E-state index contributed by atoms with van der Waals surface area (Å²) in [5.74, 6) is 0.982. The summed E-state index contributed by atoms with van der Waals surface area (Å²) in [7, 11) is -2.79. The molecule has 0 fully saturated rings. The van der Waals surface area contributed by atoms with Crippen LogP contribution in [0.3, 0.4) is 0 Å². The average molecular weight is 780 g/mol. The van der Waals surface area contributed by atoms with Crippen molar-refractivity contribution in [3.63, 3.8) is 0 Å². The van der Waals surface area contributed by atoms with Crippen LogP contribution in [0.1, 0.15) is 0 Å². The fourth-order valence-corrected chi connectivity index (χ4v) is 14.0. The molecular formula is C51H34ClN5Si. The molecule has 3 aromatic heterocycles. The first-order valence-electron chi connectivity index (χ1n) is 19.4. The molecule has 11 rings (SSSR count). The molecule has 0 atom stereocenters. The third-order valence-electron chi connectivity index (χ3n) is 11.5. The number of aromatic nitrogens is 5. The maximum atomic E-state index is 6.87. The molecule has 0 aliphatic rings. The molecule has 0 unspecified atom stereocenters. The predicted octanol–water partition coefficient (Wildman–Crippen LogP) is 9.76. The summed E-state index contributed by atoms with van der Waals surface area (Å²) in [5.41, 5.74) is 6.27. The topological polar surface area (TPSA) is 48.5 Å². The first-order valence-corrected chi connectivity index (χ1v) is 21.8. The monoisotopic (exact) mass is 779 g/mol. The minimum absolute atomic E-state index is 0.135. The third kappa shape index (κ3) is 5.34. The highest BCUT2D eigenvalue weighted by Gasteiger charge is 2.41. The van der Waals surface area contributed by atoms with Crippen molar-refractivity contribution in [2.75, 3.05) is 0 Å². The van der Waals surface area contributed by atoms with Crippen LogP contribution in [-0.4, -0.2) is 32.2 Å². The maximum absolute atomic E-state index is 6.87. The average Bonchev–Trinajstić information content (AvgIpc) is 3.80. The Kier molecular flexibility index (Phi) is 8.13. The Balaban J connectivity index is 1.10. The molecule has 0 spiro atoms. The summed E-state index contributed by atoms with van der Waals surface area (Å²) >= 11 is 6.87. The molecule has 0 bridgehead atoms. The minimum atomic E-state index is -2.79. The van der Waals surface area contributed by atoms with E-state index in [0.29, 0.717) is 11.8 Å². The summed E-state index contributed by atoms with van der Waals surface area (Å²) < 4.78 is 4.46. The summed E-state index contributed by atoms with van der Waals surface area (Å²) in [6.45, 7) is 0. The van der Waals surface area contributed by atoms with E-state index in [0.717, 1.165) is 33.1 Å². The molecule has 11 aromatic rings. The van der Waals surface area contributed by atoms with Gasteiger partial charge in [-0.05, 0) is 68.7 Å². The molecule has 0 radical (unpaired) electrons. The lowest BCUT2D eigenvalue weighted by atomic mass is 10.1. The van der Waals surface area contributed by atoms with Crippen LogP contribution in [0, 0.1) is 0 Å². The van der Waals surface area contributed by atoms with Crippen molar-refractivity contribution in [2.24, 2.45) is 0 Å². The van der Waals surface area contributed by atoms with Gasteiger partial charge in [-0.2, -0.15) is 15.0 Å². The van der Waals surface area contributed by atoms with Crippen LogP contribution in [0.25, 0.3) is 66.6 Å². The number of hydrogen-bond donors (Lipinski definition) is 0. The number of fused-ring (bicyclic) bond motifs is 6. The van der Waals surface area contributed by atoms with Gasteiger partial charge in [-0.25, -0.2) is 0 Å². The Morgan fingerprint density at radius 3 is 1.40 bits per heavy atom. The molecule has 274 valence electrons. The SMILES string of the molecule is Clc1nc(-c2cccc([Si](c3ccccc3)(c3ccccc3)c3ccccc3)c2)nc(-n2c3ccccc3c3cc(-n4c5ccccc5c5ccccc54)ccc32)n1. The van der Waals surface area contributed by atoms with Crippen molar-refractivity contribution in [3.05, 3.63) is 212 Å². The number of rotatable bonds is 7. The molecule has 0 saturated heterocycles. The molecule has 0 N–H and O–H groups in total. The van der Waals surface area contributed by atoms with Gasteiger partial charge in [0.05, 0.1) is 22.1 Å². The van der Waals surface area contributed by atoms with Gasteiger partial charge in [-0.3, -0.25) is 4.57 Å². The first-order chi connectivity index (χ1) is 28.7. The lowest BCUT2D eigenvalue weighted by Crippen LogP contribution is -2.74. The van der Waals surface area contributed by atoms with Crippen LogP contribution in [0.2, 0.25) is 5.28 Å². The highest BCUT2D eigenvalue weighted by atomic mass is 35.5. The molecule has 0 aliphatic heterocycles. The van der Waals surface area contributed by atoms with Gasteiger partial charge < -0.3 is 4.57 Å². The number of halogens is 1.